The molecule has 0 unspecified atom stereocenters. The van der Waals surface area contributed by atoms with E-state index in [1.165, 1.54) is 6.92 Å². The fraction of sp³-hybridized carbons (Fsp3) is 0.700. The zero-order valence-electron chi connectivity index (χ0n) is 10.4. The van der Waals surface area contributed by atoms with Crippen LogP contribution in [0.25, 0.3) is 0 Å². The summed E-state index contributed by atoms with van der Waals surface area (Å²) in [5.74, 6) is -0.357. The molecule has 94 valence electrons. The molecule has 1 N–H and O–H groups in total. The number of rotatable bonds is 6. The first kappa shape index (κ1) is 15.4. The van der Waals surface area contributed by atoms with Crippen LogP contribution < -0.4 is 5.32 Å². The highest BCUT2D eigenvalue weighted by Gasteiger charge is 2.32. The quantitative estimate of drug-likeness (QED) is 0.735. The van der Waals surface area contributed by atoms with Crippen LogP contribution in [0, 0.1) is 0 Å². The van der Waals surface area contributed by atoms with Crippen LogP contribution in [0.15, 0.2) is 12.0 Å². The van der Waals surface area contributed by atoms with Crippen LogP contribution in [0.5, 0.6) is 0 Å². The van der Waals surface area contributed by atoms with Crippen LogP contribution >= 0.6 is 7.60 Å². The van der Waals surface area contributed by atoms with E-state index in [0.29, 0.717) is 0 Å². The van der Waals surface area contributed by atoms with Crippen molar-refractivity contribution in [2.75, 3.05) is 0 Å². The second-order valence-corrected chi connectivity index (χ2v) is 5.89. The summed E-state index contributed by atoms with van der Waals surface area (Å²) in [6.07, 6.45) is -0.565. The van der Waals surface area contributed by atoms with Gasteiger partial charge in [0.15, 0.2) is 0 Å². The molecule has 16 heavy (non-hydrogen) atoms. The van der Waals surface area contributed by atoms with E-state index < -0.39 is 7.60 Å². The van der Waals surface area contributed by atoms with E-state index in [-0.39, 0.29) is 23.6 Å². The molecule has 0 saturated carbocycles. The van der Waals surface area contributed by atoms with Crippen LogP contribution in [0.3, 0.4) is 0 Å². The summed E-state index contributed by atoms with van der Waals surface area (Å²) in [4.78, 5) is 10.9. The van der Waals surface area contributed by atoms with Gasteiger partial charge in [0.05, 0.1) is 12.2 Å². The van der Waals surface area contributed by atoms with Gasteiger partial charge in [0.25, 0.3) is 0 Å². The molecular weight excluding hydrogens is 229 g/mol. The van der Waals surface area contributed by atoms with Crippen LogP contribution in [-0.2, 0) is 18.4 Å². The second kappa shape index (κ2) is 6.18. The van der Waals surface area contributed by atoms with Crippen LogP contribution in [-0.4, -0.2) is 18.1 Å². The van der Waals surface area contributed by atoms with Gasteiger partial charge in [-0.1, -0.05) is 6.58 Å². The van der Waals surface area contributed by atoms with Crippen molar-refractivity contribution in [3.05, 3.63) is 12.0 Å². The van der Waals surface area contributed by atoms with Crippen molar-refractivity contribution in [2.45, 2.75) is 46.8 Å². The summed E-state index contributed by atoms with van der Waals surface area (Å²) in [6.45, 7) is 11.8. The molecule has 0 aliphatic heterocycles. The van der Waals surface area contributed by atoms with Gasteiger partial charge >= 0.3 is 7.60 Å². The average molecular weight is 249 g/mol. The van der Waals surface area contributed by atoms with E-state index in [9.17, 15) is 9.36 Å². The number of carbonyl (C=O) groups excluding carboxylic acids is 1. The molecule has 1 amide bonds. The Hall–Kier alpha value is -0.640. The van der Waals surface area contributed by atoms with Gasteiger partial charge in [-0.3, -0.25) is 9.36 Å². The monoisotopic (exact) mass is 249 g/mol. The lowest BCUT2D eigenvalue weighted by Gasteiger charge is -2.24. The molecule has 0 aromatic rings. The van der Waals surface area contributed by atoms with Gasteiger partial charge in [0.2, 0.25) is 5.91 Å². The zero-order valence-corrected chi connectivity index (χ0v) is 11.3. The molecule has 0 saturated heterocycles. The van der Waals surface area contributed by atoms with E-state index in [0.717, 1.165) is 0 Å². The van der Waals surface area contributed by atoms with Gasteiger partial charge in [-0.25, -0.2) is 0 Å². The maximum atomic E-state index is 12.3. The third-order valence-corrected chi connectivity index (χ3v) is 3.52. The van der Waals surface area contributed by atoms with Gasteiger partial charge in [-0.2, -0.15) is 0 Å². The standard InChI is InChI=1S/C10H20NO4P/c1-7(2)14-16(13,15-8(3)4)10(6)11-9(5)12/h7-8H,6H2,1-5H3,(H,11,12). The topological polar surface area (TPSA) is 64.6 Å². The molecule has 0 aromatic heterocycles. The maximum Gasteiger partial charge on any atom is 0.377 e. The van der Waals surface area contributed by atoms with Gasteiger partial charge in [-0.15, -0.1) is 0 Å². The first-order chi connectivity index (χ1) is 7.17. The second-order valence-electron chi connectivity index (χ2n) is 3.93. The third kappa shape index (κ3) is 5.45. The Kier molecular flexibility index (Phi) is 5.94. The number of hydrogen-bond acceptors (Lipinski definition) is 4. The SMILES string of the molecule is C=C(NC(C)=O)P(=O)(OC(C)C)OC(C)C. The Morgan fingerprint density at radius 2 is 1.56 bits per heavy atom. The third-order valence-electron chi connectivity index (χ3n) is 1.35. The first-order valence-electron chi connectivity index (χ1n) is 5.11. The van der Waals surface area contributed by atoms with Gasteiger partial charge < -0.3 is 14.4 Å². The molecule has 5 nitrogen and oxygen atoms in total. The molecule has 0 aliphatic rings. The first-order valence-corrected chi connectivity index (χ1v) is 6.65. The fourth-order valence-electron chi connectivity index (χ4n) is 0.979. The lowest BCUT2D eigenvalue weighted by atomic mass is 10.5. The normalized spacial score (nSPS) is 11.9. The van der Waals surface area contributed by atoms with E-state index in [4.69, 9.17) is 9.05 Å². The van der Waals surface area contributed by atoms with Crippen molar-refractivity contribution in [2.24, 2.45) is 0 Å². The van der Waals surface area contributed by atoms with E-state index >= 15 is 0 Å². The zero-order chi connectivity index (χ0) is 12.9. The summed E-state index contributed by atoms with van der Waals surface area (Å²) in [5, 5.41) is 2.35. The molecule has 0 radical (unpaired) electrons. The Morgan fingerprint density at radius 3 is 1.81 bits per heavy atom. The van der Waals surface area contributed by atoms with Crippen molar-refractivity contribution < 1.29 is 18.4 Å². The molecule has 0 spiro atoms. The Balaban J connectivity index is 4.84. The predicted octanol–water partition coefficient (Wildman–Crippen LogP) is 2.64. The highest BCUT2D eigenvalue weighted by Crippen LogP contribution is 2.55. The van der Waals surface area contributed by atoms with Crippen molar-refractivity contribution in [3.63, 3.8) is 0 Å². The Morgan fingerprint density at radius 1 is 1.19 bits per heavy atom. The summed E-state index contributed by atoms with van der Waals surface area (Å²) >= 11 is 0. The highest BCUT2D eigenvalue weighted by molar-refractivity contribution is 7.58. The van der Waals surface area contributed by atoms with E-state index in [1.54, 1.807) is 27.7 Å². The van der Waals surface area contributed by atoms with Crippen molar-refractivity contribution in [1.29, 1.82) is 0 Å². The lowest BCUT2D eigenvalue weighted by Crippen LogP contribution is -2.22. The average Bonchev–Trinajstić information content (AvgIpc) is 1.98. The number of carbonyl (C=O) groups is 1. The number of hydrogen-bond donors (Lipinski definition) is 1. The van der Waals surface area contributed by atoms with Crippen LogP contribution in [0.2, 0.25) is 0 Å². The minimum atomic E-state index is -3.50. The number of nitrogens with one attached hydrogen (secondary N) is 1. The summed E-state index contributed by atoms with van der Waals surface area (Å²) < 4.78 is 22.8. The Bertz CT molecular complexity index is 298. The van der Waals surface area contributed by atoms with E-state index in [2.05, 4.69) is 11.9 Å². The lowest BCUT2D eigenvalue weighted by molar-refractivity contribution is -0.118. The van der Waals surface area contributed by atoms with Crippen molar-refractivity contribution in [3.8, 4) is 0 Å². The molecule has 0 aromatic carbocycles. The number of amides is 1. The van der Waals surface area contributed by atoms with Gasteiger partial charge in [-0.05, 0) is 27.7 Å². The summed E-state index contributed by atoms with van der Waals surface area (Å²) in [6, 6.07) is 0. The van der Waals surface area contributed by atoms with E-state index in [1.807, 2.05) is 0 Å². The molecule has 0 fully saturated rings. The molecule has 0 atom stereocenters. The smallest absolute Gasteiger partial charge is 0.320 e. The predicted molar refractivity (Wildman–Crippen MR) is 63.0 cm³/mol. The molecule has 6 heteroatoms. The highest BCUT2D eigenvalue weighted by atomic mass is 31.2. The molecular formula is C10H20NO4P. The van der Waals surface area contributed by atoms with Crippen molar-refractivity contribution >= 4 is 13.5 Å². The minimum absolute atomic E-state index is 0.0256. The minimum Gasteiger partial charge on any atom is -0.320 e. The fourth-order valence-corrected chi connectivity index (χ4v) is 2.69. The Labute approximate surface area is 96.7 Å². The largest absolute Gasteiger partial charge is 0.377 e. The summed E-state index contributed by atoms with van der Waals surface area (Å²) in [5.41, 5.74) is -0.0256. The molecule has 0 bridgehead atoms. The molecule has 0 rings (SSSR count). The van der Waals surface area contributed by atoms with Gasteiger partial charge in [0.1, 0.15) is 5.44 Å². The molecule has 0 aliphatic carbocycles. The van der Waals surface area contributed by atoms with Crippen LogP contribution in [0.1, 0.15) is 34.6 Å². The maximum absolute atomic E-state index is 12.3. The molecule has 0 heterocycles. The van der Waals surface area contributed by atoms with Gasteiger partial charge in [0, 0.05) is 6.92 Å². The van der Waals surface area contributed by atoms with Crippen molar-refractivity contribution in [1.82, 2.24) is 5.32 Å². The van der Waals surface area contributed by atoms with Crippen LogP contribution in [0.4, 0.5) is 0 Å². The summed E-state index contributed by atoms with van der Waals surface area (Å²) in [7, 11) is -3.50.